The first-order valence-electron chi connectivity index (χ1n) is 12.6. The fourth-order valence-corrected chi connectivity index (χ4v) is 6.77. The Labute approximate surface area is 206 Å². The lowest BCUT2D eigenvalue weighted by atomic mass is 9.59. The molecule has 2 heteroatoms. The van der Waals surface area contributed by atoms with E-state index in [1.165, 1.54) is 33.4 Å². The molecule has 0 aliphatic heterocycles. The van der Waals surface area contributed by atoms with Crippen LogP contribution >= 0.6 is 0 Å². The summed E-state index contributed by atoms with van der Waals surface area (Å²) in [5.74, 6) is 2.91. The maximum atomic E-state index is 6.14. The fraction of sp³-hybridized carbons (Fsp3) is 0.438. The third-order valence-electron chi connectivity index (χ3n) is 8.70. The summed E-state index contributed by atoms with van der Waals surface area (Å²) in [4.78, 5) is 0. The summed E-state index contributed by atoms with van der Waals surface area (Å²) in [6.45, 7) is 14.1. The van der Waals surface area contributed by atoms with E-state index in [9.17, 15) is 0 Å². The van der Waals surface area contributed by atoms with Gasteiger partial charge in [-0.15, -0.1) is 0 Å². The van der Waals surface area contributed by atoms with Gasteiger partial charge in [-0.25, -0.2) is 0 Å². The lowest BCUT2D eigenvalue weighted by molar-refractivity contribution is 0.0696. The van der Waals surface area contributed by atoms with Crippen molar-refractivity contribution in [3.8, 4) is 0 Å². The zero-order chi connectivity index (χ0) is 24.6. The van der Waals surface area contributed by atoms with Crippen LogP contribution in [0.25, 0.3) is 5.57 Å². The van der Waals surface area contributed by atoms with Crippen molar-refractivity contribution >= 4 is 5.57 Å². The summed E-state index contributed by atoms with van der Waals surface area (Å²) in [5.41, 5.74) is 9.66. The summed E-state index contributed by atoms with van der Waals surface area (Å²) in [7, 11) is 3.69. The lowest BCUT2D eigenvalue weighted by Gasteiger charge is -2.47. The number of methoxy groups -OCH3 is 2. The highest BCUT2D eigenvalue weighted by Gasteiger charge is 2.45. The molecule has 0 spiro atoms. The monoisotopic (exact) mass is 456 g/mol. The summed E-state index contributed by atoms with van der Waals surface area (Å²) >= 11 is 0. The van der Waals surface area contributed by atoms with Gasteiger partial charge in [0.25, 0.3) is 0 Å². The molecule has 4 rings (SSSR count). The Balaban J connectivity index is 1.94. The van der Waals surface area contributed by atoms with Crippen LogP contribution < -0.4 is 0 Å². The first-order chi connectivity index (χ1) is 16.3. The maximum absolute atomic E-state index is 6.14. The van der Waals surface area contributed by atoms with Crippen LogP contribution in [0.2, 0.25) is 0 Å². The van der Waals surface area contributed by atoms with Gasteiger partial charge in [0.2, 0.25) is 0 Å². The molecule has 0 saturated heterocycles. The molecule has 0 radical (unpaired) electrons. The van der Waals surface area contributed by atoms with Crippen molar-refractivity contribution in [1.29, 1.82) is 0 Å². The zero-order valence-electron chi connectivity index (χ0n) is 22.1. The van der Waals surface area contributed by atoms with Crippen LogP contribution in [-0.4, -0.2) is 20.3 Å². The van der Waals surface area contributed by atoms with E-state index in [1.807, 2.05) is 14.2 Å². The molecule has 0 saturated carbocycles. The molecule has 2 aliphatic rings. The van der Waals surface area contributed by atoms with E-state index >= 15 is 0 Å². The van der Waals surface area contributed by atoms with Crippen molar-refractivity contribution in [2.45, 2.75) is 53.6 Å². The molecule has 6 atom stereocenters. The van der Waals surface area contributed by atoms with E-state index in [-0.39, 0.29) is 6.10 Å². The van der Waals surface area contributed by atoms with E-state index < -0.39 is 0 Å². The van der Waals surface area contributed by atoms with Gasteiger partial charge in [0.05, 0.1) is 13.2 Å². The topological polar surface area (TPSA) is 18.5 Å². The Kier molecular flexibility index (Phi) is 7.19. The molecule has 0 aromatic heterocycles. The minimum Gasteiger partial charge on any atom is -0.500 e. The largest absolute Gasteiger partial charge is 0.500 e. The van der Waals surface area contributed by atoms with Gasteiger partial charge in [0.1, 0.15) is 5.76 Å². The zero-order valence-corrected chi connectivity index (χ0v) is 22.1. The average molecular weight is 457 g/mol. The van der Waals surface area contributed by atoms with Gasteiger partial charge >= 0.3 is 0 Å². The first kappa shape index (κ1) is 24.5. The molecule has 2 aromatic carbocycles. The summed E-state index contributed by atoms with van der Waals surface area (Å²) in [6.07, 6.45) is 0.101. The highest BCUT2D eigenvalue weighted by Crippen LogP contribution is 2.54. The van der Waals surface area contributed by atoms with Gasteiger partial charge in [-0.1, -0.05) is 92.6 Å². The number of hydrogen-bond donors (Lipinski definition) is 0. The Bertz CT molecular complexity index is 1110. The van der Waals surface area contributed by atoms with E-state index in [2.05, 4.69) is 102 Å². The molecule has 0 bridgehead atoms. The van der Waals surface area contributed by atoms with Crippen molar-refractivity contribution in [2.75, 3.05) is 14.2 Å². The van der Waals surface area contributed by atoms with Gasteiger partial charge in [-0.2, -0.15) is 0 Å². The van der Waals surface area contributed by atoms with Crippen LogP contribution in [0.15, 0.2) is 88.7 Å². The van der Waals surface area contributed by atoms with Crippen LogP contribution in [0.3, 0.4) is 0 Å². The van der Waals surface area contributed by atoms with Gasteiger partial charge in [0.15, 0.2) is 0 Å². The second-order valence-electron chi connectivity index (χ2n) is 10.3. The van der Waals surface area contributed by atoms with E-state index in [4.69, 9.17) is 9.47 Å². The van der Waals surface area contributed by atoms with Crippen molar-refractivity contribution in [1.82, 2.24) is 0 Å². The number of ether oxygens (including phenoxy) is 2. The minimum atomic E-state index is 0.101. The van der Waals surface area contributed by atoms with Crippen molar-refractivity contribution < 1.29 is 9.47 Å². The van der Waals surface area contributed by atoms with E-state index in [1.54, 1.807) is 5.57 Å². The molecule has 0 heterocycles. The highest BCUT2D eigenvalue weighted by atomic mass is 16.5. The summed E-state index contributed by atoms with van der Waals surface area (Å²) < 4.78 is 12.2. The van der Waals surface area contributed by atoms with Crippen LogP contribution in [0.4, 0.5) is 0 Å². The first-order valence-corrected chi connectivity index (χ1v) is 12.6. The SMILES string of the molecule is COC1=C(c2ccccc2)C(C)=C(C2C(C)=C(C)[C@H](OC)C(c3ccccc3)[C@@H]2C)[C@@H](C)[C@H]1C. The molecule has 2 nitrogen and oxygen atoms in total. The third-order valence-corrected chi connectivity index (χ3v) is 8.70. The second kappa shape index (κ2) is 9.96. The molecule has 0 N–H and O–H groups in total. The van der Waals surface area contributed by atoms with Gasteiger partial charge in [-0.05, 0) is 54.9 Å². The second-order valence-corrected chi connectivity index (χ2v) is 10.3. The van der Waals surface area contributed by atoms with Crippen LogP contribution in [0, 0.1) is 23.7 Å². The van der Waals surface area contributed by atoms with Crippen molar-refractivity contribution in [2.24, 2.45) is 23.7 Å². The van der Waals surface area contributed by atoms with Crippen LogP contribution in [0.5, 0.6) is 0 Å². The number of rotatable bonds is 5. The van der Waals surface area contributed by atoms with Crippen molar-refractivity contribution in [3.05, 3.63) is 99.8 Å². The van der Waals surface area contributed by atoms with Gasteiger partial charge < -0.3 is 9.47 Å². The molecule has 180 valence electrons. The molecule has 2 aliphatic carbocycles. The van der Waals surface area contributed by atoms with Crippen molar-refractivity contribution in [3.63, 3.8) is 0 Å². The van der Waals surface area contributed by atoms with Gasteiger partial charge in [-0.3, -0.25) is 0 Å². The fourth-order valence-electron chi connectivity index (χ4n) is 6.77. The predicted octanol–water partition coefficient (Wildman–Crippen LogP) is 8.05. The summed E-state index contributed by atoms with van der Waals surface area (Å²) in [6, 6.07) is 21.7. The smallest absolute Gasteiger partial charge is 0.107 e. The average Bonchev–Trinajstić information content (AvgIpc) is 2.86. The van der Waals surface area contributed by atoms with Crippen LogP contribution in [-0.2, 0) is 9.47 Å². The predicted molar refractivity (Wildman–Crippen MR) is 142 cm³/mol. The van der Waals surface area contributed by atoms with Gasteiger partial charge in [0, 0.05) is 30.4 Å². The molecule has 2 aromatic rings. The number of hydrogen-bond acceptors (Lipinski definition) is 2. The summed E-state index contributed by atoms with van der Waals surface area (Å²) in [5, 5.41) is 0. The Morgan fingerprint density at radius 2 is 1.29 bits per heavy atom. The maximum Gasteiger partial charge on any atom is 0.107 e. The number of benzene rings is 2. The molecule has 0 amide bonds. The Hall–Kier alpha value is -2.58. The quantitative estimate of drug-likeness (QED) is 0.424. The Morgan fingerprint density at radius 3 is 1.85 bits per heavy atom. The molecule has 2 unspecified atom stereocenters. The van der Waals surface area contributed by atoms with Crippen LogP contribution in [0.1, 0.15) is 58.6 Å². The molecule has 34 heavy (non-hydrogen) atoms. The number of allylic oxidation sites excluding steroid dienone is 5. The van der Waals surface area contributed by atoms with E-state index in [0.29, 0.717) is 29.6 Å². The standard InChI is InChI=1S/C32H40O2/c1-19-21(3)31(33-7)29(25-15-11-9-12-16-25)23(5)27(19)28-20(2)22(4)32(34-8)30(24(28)6)26-17-13-10-14-18-26/h9-19,21,24,28,30,32H,1-8H3/t19-,21+,24+,28?,30?,32-/m0/s1. The van der Waals surface area contributed by atoms with E-state index in [0.717, 1.165) is 5.76 Å². The minimum absolute atomic E-state index is 0.101. The lowest BCUT2D eigenvalue weighted by Crippen LogP contribution is -2.40. The third kappa shape index (κ3) is 3.96. The normalized spacial score (nSPS) is 30.1. The highest BCUT2D eigenvalue weighted by molar-refractivity contribution is 5.83. The molecular weight excluding hydrogens is 416 g/mol. The molecule has 0 fully saturated rings. The molecular formula is C32H40O2. The Morgan fingerprint density at radius 1 is 0.706 bits per heavy atom.